The maximum Gasteiger partial charge on any atom is 0.336 e. The smallest absolute Gasteiger partial charge is 0.336 e. The molecule has 3 aliphatic heterocycles. The number of rotatable bonds is 6. The van der Waals surface area contributed by atoms with Gasteiger partial charge in [-0.15, -0.1) is 0 Å². The maximum absolute atomic E-state index is 12.6. The summed E-state index contributed by atoms with van der Waals surface area (Å²) in [6.07, 6.45) is 2.72. The van der Waals surface area contributed by atoms with Crippen LogP contribution < -0.4 is 10.3 Å². The summed E-state index contributed by atoms with van der Waals surface area (Å²) in [5, 5.41) is 27.7. The number of hydrogen-bond acceptors (Lipinski definition) is 9. The van der Waals surface area contributed by atoms with Gasteiger partial charge in [0.2, 0.25) is 0 Å². The molecule has 0 radical (unpaired) electrons. The van der Waals surface area contributed by atoms with Crippen molar-refractivity contribution >= 4 is 54.4 Å². The molecular weight excluding hydrogens is 628 g/mol. The molecule has 0 atom stereocenters. The number of carboxylic acid groups (broad SMARTS) is 2. The lowest BCUT2D eigenvalue weighted by Crippen LogP contribution is -2.48. The van der Waals surface area contributed by atoms with Gasteiger partial charge in [0.25, 0.3) is 20.2 Å². The highest BCUT2D eigenvalue weighted by molar-refractivity contribution is 7.86. The van der Waals surface area contributed by atoms with E-state index in [9.17, 15) is 45.7 Å². The van der Waals surface area contributed by atoms with Gasteiger partial charge in [-0.1, -0.05) is 12.1 Å². The number of fused-ring (bicyclic) bond motifs is 3. The summed E-state index contributed by atoms with van der Waals surface area (Å²) in [6.45, 7) is 4.31. The number of aryl methyl sites for hydroxylation is 1. The zero-order valence-electron chi connectivity index (χ0n) is 23.8. The van der Waals surface area contributed by atoms with Crippen molar-refractivity contribution in [3.05, 3.63) is 70.1 Å². The molecule has 3 heterocycles. The van der Waals surface area contributed by atoms with Crippen LogP contribution in [0.2, 0.25) is 0 Å². The van der Waals surface area contributed by atoms with Crippen molar-refractivity contribution in [2.75, 3.05) is 17.2 Å². The van der Waals surface area contributed by atoms with Gasteiger partial charge in [-0.2, -0.15) is 16.8 Å². The fourth-order valence-corrected chi connectivity index (χ4v) is 7.89. The van der Waals surface area contributed by atoms with Crippen LogP contribution in [0.5, 0.6) is 0 Å². The summed E-state index contributed by atoms with van der Waals surface area (Å²) in [4.78, 5) is 25.4. The third-order valence-corrected chi connectivity index (χ3v) is 9.81. The first-order valence-corrected chi connectivity index (χ1v) is 16.6. The molecule has 234 valence electrons. The van der Waals surface area contributed by atoms with Crippen LogP contribution >= 0.6 is 0 Å². The van der Waals surface area contributed by atoms with E-state index in [2.05, 4.69) is 0 Å². The molecule has 45 heavy (non-hydrogen) atoms. The van der Waals surface area contributed by atoms with E-state index >= 15 is 0 Å². The molecule has 0 amide bonds. The third-order valence-electron chi connectivity index (χ3n) is 8.21. The molecule has 15 heteroatoms. The average molecular weight is 655 g/mol. The minimum Gasteiger partial charge on any atom is -0.478 e. The van der Waals surface area contributed by atoms with Crippen molar-refractivity contribution < 1.29 is 50.2 Å². The second-order valence-corrected chi connectivity index (χ2v) is 14.4. The average Bonchev–Trinajstić information content (AvgIpc) is 2.92. The van der Waals surface area contributed by atoms with E-state index in [1.807, 2.05) is 18.7 Å². The SMILES string of the molecule is CC1(C)C=C(CS(=O)(=O)O)c2cc3c(-c4ccc(C(=O)O)cc4C(=O)O)c4ccc(=N)c(S(=O)(=O)O)c-4oc3c3c2N1CCC3. The number of carbonyl (C=O) groups is 2. The van der Waals surface area contributed by atoms with E-state index < -0.39 is 65.0 Å². The number of carboxylic acids is 2. The van der Waals surface area contributed by atoms with Crippen LogP contribution in [-0.2, 0) is 26.7 Å². The van der Waals surface area contributed by atoms with Crippen LogP contribution in [0, 0.1) is 5.41 Å². The molecule has 0 aromatic heterocycles. The van der Waals surface area contributed by atoms with Gasteiger partial charge in [-0.05, 0) is 68.2 Å². The van der Waals surface area contributed by atoms with Crippen molar-refractivity contribution in [3.63, 3.8) is 0 Å². The Morgan fingerprint density at radius 3 is 2.29 bits per heavy atom. The van der Waals surface area contributed by atoms with Crippen LogP contribution in [-0.4, -0.2) is 65.9 Å². The second-order valence-electron chi connectivity index (χ2n) is 11.6. The Morgan fingerprint density at radius 2 is 1.67 bits per heavy atom. The lowest BCUT2D eigenvalue weighted by atomic mass is 9.81. The lowest BCUT2D eigenvalue weighted by molar-refractivity contribution is 0.0696. The van der Waals surface area contributed by atoms with Gasteiger partial charge >= 0.3 is 11.9 Å². The van der Waals surface area contributed by atoms with Crippen molar-refractivity contribution in [2.24, 2.45) is 0 Å². The highest BCUT2D eigenvalue weighted by Gasteiger charge is 2.39. The molecule has 0 saturated heterocycles. The van der Waals surface area contributed by atoms with Gasteiger partial charge in [-0.3, -0.25) is 14.5 Å². The molecule has 13 nitrogen and oxygen atoms in total. The Labute approximate surface area is 256 Å². The van der Waals surface area contributed by atoms with Crippen LogP contribution in [0.4, 0.5) is 5.69 Å². The van der Waals surface area contributed by atoms with Crippen molar-refractivity contribution in [1.29, 1.82) is 5.41 Å². The summed E-state index contributed by atoms with van der Waals surface area (Å²) in [6, 6.07) is 7.41. The highest BCUT2D eigenvalue weighted by atomic mass is 32.2. The molecule has 0 fully saturated rings. The van der Waals surface area contributed by atoms with Crippen molar-refractivity contribution in [1.82, 2.24) is 0 Å². The second kappa shape index (κ2) is 9.97. The standard InChI is InChI=1S/C30H26N2O11S2/c1-30(2)12-15(13-44(37,38)39)19-11-21-23(16-6-5-14(28(33)34)10-20(16)29(35)36)17-7-8-22(31)27(45(40,41)42)26(17)43-25(21)18-4-3-9-32(30)24(18)19/h5-8,10-12,31H,3-4,9,13H2,1-2H3,(H,33,34)(H,35,36)(H,37,38,39)(H,40,41,42). The molecule has 4 aliphatic rings. The van der Waals surface area contributed by atoms with Crippen LogP contribution in [0.15, 0.2) is 51.8 Å². The molecule has 1 aliphatic carbocycles. The number of anilines is 1. The van der Waals surface area contributed by atoms with Crippen molar-refractivity contribution in [3.8, 4) is 22.5 Å². The summed E-state index contributed by atoms with van der Waals surface area (Å²) in [5.74, 6) is -3.99. The summed E-state index contributed by atoms with van der Waals surface area (Å²) in [5.41, 5.74) is 0.549. The van der Waals surface area contributed by atoms with E-state index in [0.717, 1.165) is 12.1 Å². The summed E-state index contributed by atoms with van der Waals surface area (Å²) in [7, 11) is -9.55. The van der Waals surface area contributed by atoms with Crippen LogP contribution in [0.1, 0.15) is 52.1 Å². The minimum atomic E-state index is -5.04. The van der Waals surface area contributed by atoms with Gasteiger partial charge < -0.3 is 19.5 Å². The molecule has 2 aromatic carbocycles. The topological polar surface area (TPSA) is 224 Å². The molecule has 6 rings (SSSR count). The first-order valence-electron chi connectivity index (χ1n) is 13.6. The Kier molecular flexibility index (Phi) is 6.75. The first kappa shape index (κ1) is 30.5. The van der Waals surface area contributed by atoms with E-state index in [4.69, 9.17) is 9.83 Å². The van der Waals surface area contributed by atoms with Crippen LogP contribution in [0.25, 0.3) is 39.0 Å². The Hall–Kier alpha value is -4.57. The number of nitrogens with one attached hydrogen (secondary N) is 1. The fraction of sp³-hybridized carbons (Fsp3) is 0.233. The molecule has 5 N–H and O–H groups in total. The summed E-state index contributed by atoms with van der Waals surface area (Å²) >= 11 is 0. The van der Waals surface area contributed by atoms with Gasteiger partial charge in [0.1, 0.15) is 11.3 Å². The van der Waals surface area contributed by atoms with Gasteiger partial charge in [0, 0.05) is 34.2 Å². The Balaban J connectivity index is 1.87. The van der Waals surface area contributed by atoms with E-state index in [-0.39, 0.29) is 38.8 Å². The number of benzene rings is 3. The molecule has 0 saturated carbocycles. The predicted molar refractivity (Wildman–Crippen MR) is 162 cm³/mol. The monoisotopic (exact) mass is 654 g/mol. The molecular formula is C30H26N2O11S2. The quantitative estimate of drug-likeness (QED) is 0.146. The summed E-state index contributed by atoms with van der Waals surface area (Å²) < 4.78 is 75.7. The Bertz CT molecular complexity index is 2280. The van der Waals surface area contributed by atoms with Gasteiger partial charge in [0.05, 0.1) is 27.7 Å². The minimum absolute atomic E-state index is 0.00651. The number of nitrogens with zero attached hydrogens (tertiary/aromatic N) is 1. The van der Waals surface area contributed by atoms with Crippen LogP contribution in [0.3, 0.4) is 0 Å². The zero-order valence-corrected chi connectivity index (χ0v) is 25.4. The van der Waals surface area contributed by atoms with E-state index in [1.165, 1.54) is 18.2 Å². The normalized spacial score (nSPS) is 16.0. The van der Waals surface area contributed by atoms with Crippen molar-refractivity contribution in [2.45, 2.75) is 37.1 Å². The fourth-order valence-electron chi connectivity index (χ4n) is 6.52. The number of hydrogen-bond donors (Lipinski definition) is 5. The van der Waals surface area contributed by atoms with Gasteiger partial charge in [-0.25, -0.2) is 9.59 Å². The molecule has 0 bridgehead atoms. The molecule has 0 spiro atoms. The first-order chi connectivity index (χ1) is 20.9. The van der Waals surface area contributed by atoms with E-state index in [0.29, 0.717) is 36.2 Å². The number of aromatic carboxylic acids is 2. The Morgan fingerprint density at radius 1 is 0.978 bits per heavy atom. The highest BCUT2D eigenvalue weighted by Crippen LogP contribution is 2.51. The predicted octanol–water partition coefficient (Wildman–Crippen LogP) is 4.14. The third kappa shape index (κ3) is 4.97. The van der Waals surface area contributed by atoms with E-state index in [1.54, 1.807) is 12.1 Å². The lowest BCUT2D eigenvalue weighted by Gasteiger charge is -2.47. The largest absolute Gasteiger partial charge is 0.478 e. The van der Waals surface area contributed by atoms with Gasteiger partial charge in [0.15, 0.2) is 10.7 Å². The maximum atomic E-state index is 12.6. The molecule has 0 unspecified atom stereocenters. The molecule has 2 aromatic rings. The zero-order chi connectivity index (χ0) is 32.8.